The zero-order valence-corrected chi connectivity index (χ0v) is 71.2. The first-order valence-corrected chi connectivity index (χ1v) is 40.5. The molecule has 0 aromatic carbocycles. The number of aryl methyl sites for hydroxylation is 3. The molecule has 0 atom stereocenters. The SMILES string of the molecule is CC(C)n1nnc(CCNC(=O)Nc2cn3cc(Br)ccc3n2)n1.CCc1cnc(CCNC(=O)Nc2cn3cc(Br)ccc3n2)o1.CCc1nnn(CCNC(=O)Nc2cn3cc(Br)ccc3n2)n1.CCn1nnc(CCNC(=O)Nc2cn3cc(Br)ccc3n2)n1.O=C(NCCn1nnc(C2CC2)n1)Nc1cn2cc(Br)ccc2n1. The number of hydrogen-bond donors (Lipinski definition) is 10. The van der Waals surface area contributed by atoms with E-state index in [9.17, 15) is 24.0 Å². The van der Waals surface area contributed by atoms with E-state index in [0.29, 0.717) is 130 Å². The largest absolute Gasteiger partial charge is 0.446 e. The fourth-order valence-electron chi connectivity index (χ4n) is 10.4. The Morgan fingerprint density at radius 3 is 1.11 bits per heavy atom. The molecular weight excluding hydrogens is 1840 g/mol. The summed E-state index contributed by atoms with van der Waals surface area (Å²) in [4.78, 5) is 91.2. The van der Waals surface area contributed by atoms with Gasteiger partial charge in [-0.05, 0) is 195 Å². The van der Waals surface area contributed by atoms with Crippen molar-refractivity contribution in [1.29, 1.82) is 0 Å². The quantitative estimate of drug-likeness (QED) is 0.0254. The summed E-state index contributed by atoms with van der Waals surface area (Å²) in [6.45, 7) is 13.5. The molecule has 15 heterocycles. The van der Waals surface area contributed by atoms with Gasteiger partial charge in [-0.3, -0.25) is 26.6 Å². The highest BCUT2D eigenvalue weighted by Crippen LogP contribution is 2.37. The highest BCUT2D eigenvalue weighted by Gasteiger charge is 2.28. The Morgan fingerprint density at radius 2 is 0.761 bits per heavy atom. The summed E-state index contributed by atoms with van der Waals surface area (Å²) < 4.78 is 19.3. The van der Waals surface area contributed by atoms with Crippen LogP contribution in [-0.4, -0.2) is 196 Å². The smallest absolute Gasteiger partial charge is 0.320 e. The molecule has 16 rings (SSSR count). The predicted octanol–water partition coefficient (Wildman–Crippen LogP) is 9.76. The minimum atomic E-state index is -0.330. The number of rotatable bonds is 25. The summed E-state index contributed by atoms with van der Waals surface area (Å²) >= 11 is 17.0. The Bertz CT molecular complexity index is 5390. The first-order valence-electron chi connectivity index (χ1n) is 36.6. The van der Waals surface area contributed by atoms with E-state index in [1.54, 1.807) is 42.0 Å². The normalized spacial score (nSPS) is 11.6. The number of nitrogens with one attached hydrogen (secondary N) is 10. The van der Waals surface area contributed by atoms with E-state index in [-0.39, 0.29) is 36.2 Å². The van der Waals surface area contributed by atoms with Crippen LogP contribution in [0.25, 0.3) is 28.2 Å². The van der Waals surface area contributed by atoms with Crippen molar-refractivity contribution in [3.63, 3.8) is 0 Å². The summed E-state index contributed by atoms with van der Waals surface area (Å²) in [6.07, 6.45) is 25.2. The fourth-order valence-corrected chi connectivity index (χ4v) is 12.2. The fraction of sp³-hybridized carbons (Fsp3) is 0.319. The Morgan fingerprint density at radius 1 is 0.410 bits per heavy atom. The van der Waals surface area contributed by atoms with E-state index < -0.39 is 0 Å². The van der Waals surface area contributed by atoms with E-state index in [1.807, 2.05) is 148 Å². The molecular formula is C69H78Br5N37O6. The Labute approximate surface area is 706 Å². The third-order valence-electron chi connectivity index (χ3n) is 16.3. The Hall–Kier alpha value is -12.3. The third-order valence-corrected chi connectivity index (χ3v) is 18.6. The lowest BCUT2D eigenvalue weighted by Crippen LogP contribution is -2.32. The topological polar surface area (TPSA) is 493 Å². The zero-order valence-electron chi connectivity index (χ0n) is 63.3. The van der Waals surface area contributed by atoms with E-state index in [0.717, 1.165) is 87.9 Å². The van der Waals surface area contributed by atoms with Gasteiger partial charge in [-0.15, -0.1) is 40.8 Å². The number of urea groups is 5. The second-order valence-electron chi connectivity index (χ2n) is 25.6. The second-order valence-corrected chi connectivity index (χ2v) is 30.2. The van der Waals surface area contributed by atoms with Gasteiger partial charge in [-0.2, -0.15) is 19.2 Å². The summed E-state index contributed by atoms with van der Waals surface area (Å²) in [5.74, 6) is 7.06. The average Bonchev–Trinajstić information content (AvgIpc) is 1.73. The van der Waals surface area contributed by atoms with Crippen LogP contribution in [0.2, 0.25) is 0 Å². The molecule has 0 spiro atoms. The van der Waals surface area contributed by atoms with Crippen molar-refractivity contribution in [1.82, 2.24) is 159 Å². The summed E-state index contributed by atoms with van der Waals surface area (Å²) in [5.41, 5.74) is 3.78. The molecule has 1 aliphatic carbocycles. The van der Waals surface area contributed by atoms with Crippen molar-refractivity contribution < 1.29 is 28.4 Å². The summed E-state index contributed by atoms with van der Waals surface area (Å²) in [7, 11) is 0. The summed E-state index contributed by atoms with van der Waals surface area (Å²) in [6, 6.07) is 17.3. The van der Waals surface area contributed by atoms with Crippen molar-refractivity contribution in [2.75, 3.05) is 59.3 Å². The van der Waals surface area contributed by atoms with Crippen LogP contribution in [0.15, 0.2) is 156 Å². The minimum absolute atomic E-state index is 0.164. The number of aromatic nitrogens is 27. The van der Waals surface area contributed by atoms with Crippen LogP contribution in [-0.2, 0) is 51.7 Å². The lowest BCUT2D eigenvalue weighted by molar-refractivity contribution is 0.250. The third kappa shape index (κ3) is 25.6. The second kappa shape index (κ2) is 40.8. The van der Waals surface area contributed by atoms with E-state index >= 15 is 0 Å². The van der Waals surface area contributed by atoms with Crippen molar-refractivity contribution in [3.05, 3.63) is 186 Å². The van der Waals surface area contributed by atoms with Gasteiger partial charge in [0.25, 0.3) is 0 Å². The molecule has 43 nitrogen and oxygen atoms in total. The molecule has 0 aliphatic heterocycles. The zero-order chi connectivity index (χ0) is 82.3. The molecule has 117 heavy (non-hydrogen) atoms. The van der Waals surface area contributed by atoms with E-state index in [2.05, 4.69) is 224 Å². The van der Waals surface area contributed by atoms with Crippen molar-refractivity contribution in [3.8, 4) is 0 Å². The van der Waals surface area contributed by atoms with Crippen molar-refractivity contribution in [2.45, 2.75) is 111 Å². The molecule has 610 valence electrons. The highest BCUT2D eigenvalue weighted by atomic mass is 79.9. The van der Waals surface area contributed by atoms with Crippen LogP contribution < -0.4 is 53.2 Å². The van der Waals surface area contributed by atoms with Gasteiger partial charge in [0.1, 0.15) is 34.0 Å². The minimum Gasteiger partial charge on any atom is -0.446 e. The first kappa shape index (κ1) is 84.1. The molecule has 1 saturated carbocycles. The maximum Gasteiger partial charge on any atom is 0.320 e. The molecule has 1 fully saturated rings. The number of imidazole rings is 5. The van der Waals surface area contributed by atoms with Gasteiger partial charge in [0.05, 0.1) is 62.9 Å². The van der Waals surface area contributed by atoms with Gasteiger partial charge in [0.15, 0.2) is 58.3 Å². The van der Waals surface area contributed by atoms with Crippen LogP contribution in [0.4, 0.5) is 53.1 Å². The molecule has 15 aromatic rings. The number of oxazole rings is 1. The average molecular weight is 1920 g/mol. The maximum absolute atomic E-state index is 11.9. The number of halogens is 5. The molecule has 0 radical (unpaired) electrons. The number of nitrogens with zero attached hydrogens (tertiary/aromatic N) is 27. The molecule has 0 saturated heterocycles. The number of hydrogen-bond acceptors (Lipinski definition) is 24. The number of carbonyl (C=O) groups excluding carboxylic acids is 5. The number of carbonyl (C=O) groups is 5. The molecule has 10 amide bonds. The van der Waals surface area contributed by atoms with E-state index in [1.165, 1.54) is 14.4 Å². The van der Waals surface area contributed by atoms with Gasteiger partial charge < -0.3 is 53.0 Å². The molecule has 0 bridgehead atoms. The number of anilines is 5. The monoisotopic (exact) mass is 1920 g/mol. The lowest BCUT2D eigenvalue weighted by atomic mass is 10.4. The maximum atomic E-state index is 11.9. The molecule has 48 heteroatoms. The molecule has 1 aliphatic rings. The van der Waals surface area contributed by atoms with Gasteiger partial charge >= 0.3 is 30.2 Å². The molecule has 15 aromatic heterocycles. The number of tetrazole rings is 4. The molecule has 0 unspecified atom stereocenters. The van der Waals surface area contributed by atoms with Gasteiger partial charge in [-0.1, -0.05) is 13.8 Å². The highest BCUT2D eigenvalue weighted by molar-refractivity contribution is 9.11. The number of amides is 10. The van der Waals surface area contributed by atoms with Crippen LogP contribution in [0.3, 0.4) is 0 Å². The molecule has 10 N–H and O–H groups in total. The van der Waals surface area contributed by atoms with Crippen molar-refractivity contribution in [2.24, 2.45) is 0 Å². The Kier molecular flexibility index (Phi) is 29.3. The number of fused-ring (bicyclic) bond motifs is 5. The van der Waals surface area contributed by atoms with Gasteiger partial charge in [-0.25, -0.2) is 53.9 Å². The van der Waals surface area contributed by atoms with Gasteiger partial charge in [0, 0.05) is 124 Å². The van der Waals surface area contributed by atoms with Crippen LogP contribution in [0.1, 0.15) is 94.4 Å². The van der Waals surface area contributed by atoms with Crippen LogP contribution in [0.5, 0.6) is 0 Å². The first-order chi connectivity index (χ1) is 56.6. The van der Waals surface area contributed by atoms with Crippen molar-refractivity contribution >= 4 is 167 Å². The van der Waals surface area contributed by atoms with E-state index in [4.69, 9.17) is 4.42 Å². The summed E-state index contributed by atoms with van der Waals surface area (Å²) in [5, 5.41) is 75.4. The Balaban J connectivity index is 0.000000135. The number of pyridine rings is 5. The lowest BCUT2D eigenvalue weighted by Gasteiger charge is -2.04. The van der Waals surface area contributed by atoms with Crippen LogP contribution >= 0.6 is 79.6 Å². The van der Waals surface area contributed by atoms with Gasteiger partial charge in [0.2, 0.25) is 0 Å². The predicted molar refractivity (Wildman–Crippen MR) is 445 cm³/mol. The van der Waals surface area contributed by atoms with Crippen LogP contribution in [0, 0.1) is 0 Å². The standard InChI is InChI=1S/C15H16BrN5O2.C14H15BrN8O.C14H17BrN8O.2C13H15BrN8O/c1-2-11-7-18-14(23-11)5-6-17-15(22)20-12-9-21-8-10(16)3-4-13(21)19-12;15-10-3-4-12-17-11(8-22(12)7-10)18-14(24)16-5-6-23-20-13(19-21-23)9-1-2-9;1-9(2)23-20-11(19-21-23)5-6-16-14(24)18-12-8-22-7-10(15)3-4-13(22)17-12;1-2-22-19-10(18-20-22)5-6-15-13(23)17-11-8-21-7-9(14)3-4-12(21)16-11;1-2-10-18-20-22(19-10)6-5-15-13(23)17-11-8-21-7-9(14)3-4-12(21)16-11/h3-4,7-9H,2,5-6H2,1H3,(H2,17,20,22);3-4,7-9H,1-2,5-6H2,(H2,16,18,24);3-4,7-9H,5-6H2,1-2H3,(H2,16,18,24);2*3-4,7-8H,2,5-6H2,1H3,(H2,15,17,23).